The van der Waals surface area contributed by atoms with Crippen LogP contribution in [-0.2, 0) is 16.0 Å². The van der Waals surface area contributed by atoms with Crippen molar-refractivity contribution in [2.24, 2.45) is 0 Å². The Hall–Kier alpha value is -2.30. The van der Waals surface area contributed by atoms with Crippen LogP contribution in [0.15, 0.2) is 35.9 Å². The Bertz CT molecular complexity index is 581. The van der Waals surface area contributed by atoms with E-state index in [9.17, 15) is 9.59 Å². The molecule has 2 amide bonds. The van der Waals surface area contributed by atoms with E-state index in [-0.39, 0.29) is 11.8 Å². The highest BCUT2D eigenvalue weighted by Crippen LogP contribution is 2.20. The summed E-state index contributed by atoms with van der Waals surface area (Å²) in [5, 5.41) is 5.51. The molecule has 1 saturated heterocycles. The van der Waals surface area contributed by atoms with E-state index in [1.807, 2.05) is 31.2 Å². The molecule has 22 heavy (non-hydrogen) atoms. The number of hydrogen-bond donors (Lipinski definition) is 2. The number of carbonyl (C=O) groups excluding carboxylic acids is 2. The van der Waals surface area contributed by atoms with Crippen LogP contribution in [0.4, 0.5) is 0 Å². The summed E-state index contributed by atoms with van der Waals surface area (Å²) in [6.07, 6.45) is 3.76. The molecular weight excluding hydrogens is 280 g/mol. The van der Waals surface area contributed by atoms with Crippen molar-refractivity contribution in [3.05, 3.63) is 41.5 Å². The zero-order valence-corrected chi connectivity index (χ0v) is 13.0. The molecule has 0 aromatic heterocycles. The number of amides is 2. The Balaban J connectivity index is 1.96. The number of benzene rings is 1. The monoisotopic (exact) mass is 302 g/mol. The molecule has 1 atom stereocenters. The fourth-order valence-corrected chi connectivity index (χ4v) is 2.55. The molecule has 0 bridgehead atoms. The van der Waals surface area contributed by atoms with E-state index >= 15 is 0 Å². The van der Waals surface area contributed by atoms with Crippen LogP contribution < -0.4 is 15.4 Å². The number of hydrogen-bond acceptors (Lipinski definition) is 3. The number of carbonyl (C=O) groups is 2. The zero-order chi connectivity index (χ0) is 15.9. The Morgan fingerprint density at radius 3 is 2.95 bits per heavy atom. The van der Waals surface area contributed by atoms with Crippen LogP contribution in [0.25, 0.3) is 0 Å². The summed E-state index contributed by atoms with van der Waals surface area (Å²) >= 11 is 0. The summed E-state index contributed by atoms with van der Waals surface area (Å²) < 4.78 is 5.31. The van der Waals surface area contributed by atoms with Crippen LogP contribution in [0.5, 0.6) is 5.75 Å². The lowest BCUT2D eigenvalue weighted by molar-refractivity contribution is -0.128. The number of nitrogens with one attached hydrogen (secondary N) is 2. The Morgan fingerprint density at radius 1 is 1.45 bits per heavy atom. The average Bonchev–Trinajstić information content (AvgIpc) is 2.50. The maximum Gasteiger partial charge on any atom is 0.244 e. The Kier molecular flexibility index (Phi) is 5.58. The number of allylic oxidation sites excluding steroid dienone is 1. The van der Waals surface area contributed by atoms with Crippen molar-refractivity contribution in [1.29, 1.82) is 0 Å². The molecule has 0 radical (unpaired) electrons. The molecule has 0 saturated carbocycles. The second-order valence-corrected chi connectivity index (χ2v) is 5.47. The first kappa shape index (κ1) is 16.1. The number of para-hydroxylation sites is 1. The lowest BCUT2D eigenvalue weighted by atomic mass is 10.0. The molecule has 1 aliphatic heterocycles. The van der Waals surface area contributed by atoms with Gasteiger partial charge in [-0.1, -0.05) is 23.8 Å². The summed E-state index contributed by atoms with van der Waals surface area (Å²) in [6.45, 7) is 2.58. The molecule has 0 spiro atoms. The van der Waals surface area contributed by atoms with Crippen LogP contribution >= 0.6 is 0 Å². The third kappa shape index (κ3) is 4.35. The average molecular weight is 302 g/mol. The number of piperidine rings is 1. The summed E-state index contributed by atoms with van der Waals surface area (Å²) in [5.74, 6) is 0.479. The Labute approximate surface area is 130 Å². The first-order valence-corrected chi connectivity index (χ1v) is 7.47. The van der Waals surface area contributed by atoms with Gasteiger partial charge in [-0.25, -0.2) is 0 Å². The van der Waals surface area contributed by atoms with Gasteiger partial charge in [0.2, 0.25) is 11.8 Å². The molecule has 5 nitrogen and oxygen atoms in total. The standard InChI is InChI=1S/C17H22N2O3/c1-12(10-13-6-3-4-8-15(13)22-2)11-16(20)19-14-7-5-9-18-17(14)21/h3-4,6,8,11,14H,5,7,9-10H2,1-2H3,(H,18,21)(H,19,20)/b12-11+/t14-/m1/s1. The number of ether oxygens (including phenoxy) is 1. The lowest BCUT2D eigenvalue weighted by Crippen LogP contribution is -2.49. The molecule has 118 valence electrons. The first-order valence-electron chi connectivity index (χ1n) is 7.47. The van der Waals surface area contributed by atoms with Crippen molar-refractivity contribution in [2.75, 3.05) is 13.7 Å². The van der Waals surface area contributed by atoms with E-state index < -0.39 is 6.04 Å². The predicted molar refractivity (Wildman–Crippen MR) is 84.6 cm³/mol. The van der Waals surface area contributed by atoms with Gasteiger partial charge in [0.05, 0.1) is 7.11 Å². The summed E-state index contributed by atoms with van der Waals surface area (Å²) in [6, 6.07) is 7.31. The normalized spacial score (nSPS) is 18.5. The van der Waals surface area contributed by atoms with E-state index in [0.29, 0.717) is 19.4 Å². The number of rotatable bonds is 5. The van der Waals surface area contributed by atoms with Crippen LogP contribution in [0.2, 0.25) is 0 Å². The minimum atomic E-state index is -0.420. The van der Waals surface area contributed by atoms with Crippen molar-refractivity contribution in [3.8, 4) is 5.75 Å². The minimum absolute atomic E-state index is 0.101. The maximum atomic E-state index is 12.0. The second kappa shape index (κ2) is 7.64. The molecule has 1 aliphatic rings. The summed E-state index contributed by atoms with van der Waals surface area (Å²) in [4.78, 5) is 23.6. The molecule has 1 fully saturated rings. The van der Waals surface area contributed by atoms with E-state index in [1.54, 1.807) is 13.2 Å². The Morgan fingerprint density at radius 2 is 2.23 bits per heavy atom. The van der Waals surface area contributed by atoms with Crippen molar-refractivity contribution < 1.29 is 14.3 Å². The molecule has 0 aliphatic carbocycles. The summed E-state index contributed by atoms with van der Waals surface area (Å²) in [7, 11) is 1.63. The van der Waals surface area contributed by atoms with Gasteiger partial charge >= 0.3 is 0 Å². The lowest BCUT2D eigenvalue weighted by Gasteiger charge is -2.22. The van der Waals surface area contributed by atoms with E-state index in [1.165, 1.54) is 0 Å². The number of methoxy groups -OCH3 is 1. The second-order valence-electron chi connectivity index (χ2n) is 5.47. The highest BCUT2D eigenvalue weighted by Gasteiger charge is 2.22. The molecule has 5 heteroatoms. The van der Waals surface area contributed by atoms with Gasteiger partial charge in [-0.05, 0) is 37.8 Å². The zero-order valence-electron chi connectivity index (χ0n) is 13.0. The molecule has 1 aromatic carbocycles. The van der Waals surface area contributed by atoms with Gasteiger partial charge in [-0.15, -0.1) is 0 Å². The van der Waals surface area contributed by atoms with Gasteiger partial charge in [0.25, 0.3) is 0 Å². The van der Waals surface area contributed by atoms with E-state index in [2.05, 4.69) is 10.6 Å². The van der Waals surface area contributed by atoms with Crippen LogP contribution in [-0.4, -0.2) is 31.5 Å². The quantitative estimate of drug-likeness (QED) is 0.812. The van der Waals surface area contributed by atoms with E-state index in [4.69, 9.17) is 4.74 Å². The van der Waals surface area contributed by atoms with Gasteiger partial charge in [0.15, 0.2) is 0 Å². The van der Waals surface area contributed by atoms with Crippen LogP contribution in [0.3, 0.4) is 0 Å². The van der Waals surface area contributed by atoms with Crippen molar-refractivity contribution in [2.45, 2.75) is 32.2 Å². The van der Waals surface area contributed by atoms with Crippen molar-refractivity contribution in [3.63, 3.8) is 0 Å². The van der Waals surface area contributed by atoms with Crippen molar-refractivity contribution in [1.82, 2.24) is 10.6 Å². The van der Waals surface area contributed by atoms with E-state index in [0.717, 1.165) is 23.3 Å². The molecular formula is C17H22N2O3. The van der Waals surface area contributed by atoms with Gasteiger partial charge in [-0.3, -0.25) is 9.59 Å². The van der Waals surface area contributed by atoms with Gasteiger partial charge in [-0.2, -0.15) is 0 Å². The highest BCUT2D eigenvalue weighted by molar-refractivity contribution is 5.93. The highest BCUT2D eigenvalue weighted by atomic mass is 16.5. The molecule has 1 aromatic rings. The SMILES string of the molecule is COc1ccccc1C/C(C)=C/C(=O)N[C@@H]1CCCNC1=O. The minimum Gasteiger partial charge on any atom is -0.496 e. The van der Waals surface area contributed by atoms with Gasteiger partial charge in [0.1, 0.15) is 11.8 Å². The summed E-state index contributed by atoms with van der Waals surface area (Å²) in [5.41, 5.74) is 1.94. The maximum absolute atomic E-state index is 12.0. The first-order chi connectivity index (χ1) is 10.6. The van der Waals surface area contributed by atoms with Crippen LogP contribution in [0.1, 0.15) is 25.3 Å². The van der Waals surface area contributed by atoms with Gasteiger partial charge < -0.3 is 15.4 Å². The fraction of sp³-hybridized carbons (Fsp3) is 0.412. The largest absolute Gasteiger partial charge is 0.496 e. The third-order valence-electron chi connectivity index (χ3n) is 3.64. The molecule has 1 heterocycles. The predicted octanol–water partition coefficient (Wildman–Crippen LogP) is 1.58. The van der Waals surface area contributed by atoms with Crippen LogP contribution in [0, 0.1) is 0 Å². The smallest absolute Gasteiger partial charge is 0.244 e. The fourth-order valence-electron chi connectivity index (χ4n) is 2.55. The third-order valence-corrected chi connectivity index (χ3v) is 3.64. The van der Waals surface area contributed by atoms with Gasteiger partial charge in [0, 0.05) is 12.6 Å². The van der Waals surface area contributed by atoms with Crippen molar-refractivity contribution >= 4 is 11.8 Å². The molecule has 0 unspecified atom stereocenters. The molecule has 2 N–H and O–H groups in total. The topological polar surface area (TPSA) is 67.4 Å². The molecule has 2 rings (SSSR count).